The highest BCUT2D eigenvalue weighted by molar-refractivity contribution is 7.58. The van der Waals surface area contributed by atoms with E-state index in [1.165, 1.54) is 11.6 Å². The highest BCUT2D eigenvalue weighted by Gasteiger charge is 2.10. The molecule has 0 N–H and O–H groups in total. The highest BCUT2D eigenvalue weighted by Crippen LogP contribution is 2.50. The van der Waals surface area contributed by atoms with Gasteiger partial charge in [0.25, 0.3) is 7.82 Å². The minimum atomic E-state index is -5.63. The Hall–Kier alpha value is -0.820. The van der Waals surface area contributed by atoms with Gasteiger partial charge in [0, 0.05) is 6.61 Å². The van der Waals surface area contributed by atoms with Crippen molar-refractivity contribution in [3.05, 3.63) is 47.5 Å². The average Bonchev–Trinajstić information content (AvgIpc) is 2.59. The number of allylic oxidation sites excluding steroid dienone is 1. The van der Waals surface area contributed by atoms with Gasteiger partial charge in [0.2, 0.25) is 0 Å². The van der Waals surface area contributed by atoms with Gasteiger partial charge in [0.05, 0.1) is 21.0 Å². The zero-order chi connectivity index (χ0) is 20.9. The molecule has 0 amide bonds. The molecule has 0 saturated carbocycles. The first-order valence-corrected chi connectivity index (χ1v) is 12.1. The number of unbranched alkanes of at least 4 members (excludes halogenated alkanes) is 4. The molecule has 1 aromatic rings. The van der Waals surface area contributed by atoms with E-state index in [2.05, 4.69) is 8.83 Å². The summed E-state index contributed by atoms with van der Waals surface area (Å²) in [5.41, 5.74) is 2.09. The van der Waals surface area contributed by atoms with Crippen molar-refractivity contribution in [1.82, 2.24) is 0 Å². The summed E-state index contributed by atoms with van der Waals surface area (Å²) in [6, 6.07) is 10.0. The maximum absolute atomic E-state index is 11.1. The molecular weight excluding hydrogens is 406 g/mol. The molecular formula is C18H27O8P2-3. The Balaban J connectivity index is 2.01. The van der Waals surface area contributed by atoms with Gasteiger partial charge in [-0.05, 0) is 31.7 Å². The number of ether oxygens (including phenoxy) is 1. The van der Waals surface area contributed by atoms with Crippen molar-refractivity contribution in [2.45, 2.75) is 52.1 Å². The molecule has 1 aromatic carbocycles. The molecule has 0 bridgehead atoms. The molecule has 0 aromatic heterocycles. The van der Waals surface area contributed by atoms with E-state index >= 15 is 0 Å². The van der Waals surface area contributed by atoms with Crippen LogP contribution >= 0.6 is 15.6 Å². The Bertz CT molecular complexity index is 671. The van der Waals surface area contributed by atoms with Gasteiger partial charge < -0.3 is 28.5 Å². The molecule has 1 atom stereocenters. The van der Waals surface area contributed by atoms with E-state index in [0.717, 1.165) is 50.7 Å². The van der Waals surface area contributed by atoms with Crippen LogP contribution in [0, 0.1) is 0 Å². The first kappa shape index (κ1) is 25.2. The lowest BCUT2D eigenvalue weighted by molar-refractivity contribution is -0.339. The minimum Gasteiger partial charge on any atom is -0.790 e. The average molecular weight is 433 g/mol. The normalized spacial score (nSPS) is 14.8. The first-order chi connectivity index (χ1) is 13.2. The Morgan fingerprint density at radius 2 is 1.64 bits per heavy atom. The summed E-state index contributed by atoms with van der Waals surface area (Å²) in [6.45, 7) is 2.83. The SMILES string of the molecule is C/C(=C\COP(=O)([O-])OP(=O)([O-])[O-])CCCCCCCOCc1ccccc1. The first-order valence-electron chi connectivity index (χ1n) is 9.14. The van der Waals surface area contributed by atoms with Gasteiger partial charge in [-0.1, -0.05) is 61.2 Å². The molecule has 0 radical (unpaired) electrons. The number of phosphoric acid groups is 2. The van der Waals surface area contributed by atoms with Gasteiger partial charge in [-0.25, -0.2) is 0 Å². The Labute approximate surface area is 166 Å². The summed E-state index contributed by atoms with van der Waals surface area (Å²) in [6.07, 6.45) is 7.48. The van der Waals surface area contributed by atoms with E-state index in [9.17, 15) is 23.8 Å². The Kier molecular flexibility index (Phi) is 12.1. The standard InChI is InChI=1S/C18H30O8P2/c1-17(13-15-25-28(22,23)26-27(19,20)21)10-6-3-2-4-9-14-24-16-18-11-7-5-8-12-18/h5,7-8,11-13H,2-4,6,9-10,14-16H2,1H3,(H,22,23)(H2,19,20,21)/p-3/b17-13+. The summed E-state index contributed by atoms with van der Waals surface area (Å²) < 4.78 is 34.7. The molecule has 0 aliphatic carbocycles. The van der Waals surface area contributed by atoms with Crippen LogP contribution in [0.15, 0.2) is 42.0 Å². The maximum atomic E-state index is 11.1. The lowest BCUT2D eigenvalue weighted by Gasteiger charge is -2.34. The summed E-state index contributed by atoms with van der Waals surface area (Å²) in [4.78, 5) is 31.6. The minimum absolute atomic E-state index is 0.370. The Morgan fingerprint density at radius 1 is 1.00 bits per heavy atom. The predicted octanol–water partition coefficient (Wildman–Crippen LogP) is 2.82. The fourth-order valence-corrected chi connectivity index (χ4v) is 3.85. The van der Waals surface area contributed by atoms with Crippen LogP contribution < -0.4 is 14.7 Å². The van der Waals surface area contributed by atoms with Crippen LogP contribution in [0.4, 0.5) is 0 Å². The second kappa shape index (κ2) is 13.4. The maximum Gasteiger partial charge on any atom is 0.272 e. The topological polar surface area (TPSA) is 131 Å². The molecule has 0 spiro atoms. The number of rotatable bonds is 15. The van der Waals surface area contributed by atoms with Crippen molar-refractivity contribution >= 4 is 15.6 Å². The van der Waals surface area contributed by atoms with Gasteiger partial charge in [0.15, 0.2) is 0 Å². The van der Waals surface area contributed by atoms with Crippen LogP contribution in [0.1, 0.15) is 51.0 Å². The van der Waals surface area contributed by atoms with E-state index in [4.69, 9.17) is 4.74 Å². The van der Waals surface area contributed by atoms with Crippen molar-refractivity contribution in [1.29, 1.82) is 0 Å². The molecule has 0 heterocycles. The fraction of sp³-hybridized carbons (Fsp3) is 0.556. The molecule has 0 aliphatic heterocycles. The summed E-state index contributed by atoms with van der Waals surface area (Å²) in [5.74, 6) is 0. The van der Waals surface area contributed by atoms with Gasteiger partial charge in [-0.15, -0.1) is 0 Å². The quantitative estimate of drug-likeness (QED) is 0.234. The fourth-order valence-electron chi connectivity index (χ4n) is 2.42. The largest absolute Gasteiger partial charge is 0.790 e. The number of hydrogen-bond acceptors (Lipinski definition) is 8. The van der Waals surface area contributed by atoms with E-state index in [-0.39, 0.29) is 6.61 Å². The number of benzene rings is 1. The van der Waals surface area contributed by atoms with E-state index in [0.29, 0.717) is 6.61 Å². The third-order valence-electron chi connectivity index (χ3n) is 3.84. The molecule has 28 heavy (non-hydrogen) atoms. The summed E-state index contributed by atoms with van der Waals surface area (Å²) >= 11 is 0. The molecule has 0 aliphatic rings. The van der Waals surface area contributed by atoms with Crippen molar-refractivity contribution < 1.29 is 37.4 Å². The van der Waals surface area contributed by atoms with E-state index in [1.54, 1.807) is 0 Å². The van der Waals surface area contributed by atoms with Crippen LogP contribution in [0.2, 0.25) is 0 Å². The molecule has 0 fully saturated rings. The van der Waals surface area contributed by atoms with Crippen LogP contribution in [0.3, 0.4) is 0 Å². The molecule has 8 nitrogen and oxygen atoms in total. The summed E-state index contributed by atoms with van der Waals surface area (Å²) in [7, 11) is -10.8. The number of phosphoric ester groups is 1. The van der Waals surface area contributed by atoms with Crippen LogP contribution in [-0.4, -0.2) is 13.2 Å². The van der Waals surface area contributed by atoms with Crippen LogP contribution in [0.5, 0.6) is 0 Å². The molecule has 10 heteroatoms. The zero-order valence-electron chi connectivity index (χ0n) is 16.0. The van der Waals surface area contributed by atoms with Gasteiger partial charge >= 0.3 is 0 Å². The van der Waals surface area contributed by atoms with Crippen molar-refractivity contribution in [3.63, 3.8) is 0 Å². The van der Waals surface area contributed by atoms with Crippen LogP contribution in [-0.2, 0) is 29.3 Å². The second-order valence-electron chi connectivity index (χ2n) is 6.38. The zero-order valence-corrected chi connectivity index (χ0v) is 17.8. The van der Waals surface area contributed by atoms with Gasteiger partial charge in [-0.2, -0.15) is 0 Å². The molecule has 1 rings (SSSR count). The van der Waals surface area contributed by atoms with Gasteiger partial charge in [-0.3, -0.25) is 8.88 Å². The predicted molar refractivity (Wildman–Crippen MR) is 99.8 cm³/mol. The third-order valence-corrected chi connectivity index (χ3v) is 5.90. The third kappa shape index (κ3) is 14.2. The monoisotopic (exact) mass is 433 g/mol. The van der Waals surface area contributed by atoms with E-state index < -0.39 is 15.6 Å². The lowest BCUT2D eigenvalue weighted by Crippen LogP contribution is -2.19. The van der Waals surface area contributed by atoms with Crippen molar-refractivity contribution in [3.8, 4) is 0 Å². The van der Waals surface area contributed by atoms with E-state index in [1.807, 2.05) is 37.3 Å². The lowest BCUT2D eigenvalue weighted by atomic mass is 10.1. The number of hydrogen-bond donors (Lipinski definition) is 0. The van der Waals surface area contributed by atoms with Crippen molar-refractivity contribution in [2.24, 2.45) is 0 Å². The smallest absolute Gasteiger partial charge is 0.272 e. The molecule has 160 valence electrons. The highest BCUT2D eigenvalue weighted by atomic mass is 31.3. The Morgan fingerprint density at radius 3 is 2.32 bits per heavy atom. The molecule has 1 unspecified atom stereocenters. The molecule has 0 saturated heterocycles. The van der Waals surface area contributed by atoms with Crippen LogP contribution in [0.25, 0.3) is 0 Å². The summed E-state index contributed by atoms with van der Waals surface area (Å²) in [5, 5.41) is 0. The second-order valence-corrected chi connectivity index (χ2v) is 9.08. The van der Waals surface area contributed by atoms with Gasteiger partial charge in [0.1, 0.15) is 0 Å². The van der Waals surface area contributed by atoms with Crippen molar-refractivity contribution in [2.75, 3.05) is 13.2 Å².